The van der Waals surface area contributed by atoms with Crippen molar-refractivity contribution < 1.29 is 23.8 Å². The minimum atomic E-state index is -0.876. The highest BCUT2D eigenvalue weighted by Gasteiger charge is 2.43. The van der Waals surface area contributed by atoms with Crippen LogP contribution in [-0.4, -0.2) is 77.7 Å². The molecule has 0 bridgehead atoms. The van der Waals surface area contributed by atoms with Crippen LogP contribution in [0.5, 0.6) is 0 Å². The van der Waals surface area contributed by atoms with E-state index in [9.17, 15) is 14.0 Å². The van der Waals surface area contributed by atoms with Gasteiger partial charge in [0.25, 0.3) is 12.3 Å². The van der Waals surface area contributed by atoms with Crippen LogP contribution in [0.3, 0.4) is 0 Å². The van der Waals surface area contributed by atoms with Crippen LogP contribution in [-0.2, 0) is 20.9 Å². The summed E-state index contributed by atoms with van der Waals surface area (Å²) in [6.07, 6.45) is 0.127. The Morgan fingerprint density at radius 3 is 2.44 bits per heavy atom. The van der Waals surface area contributed by atoms with Gasteiger partial charge in [-0.3, -0.25) is 9.59 Å². The normalized spacial score (nSPS) is 16.8. The number of benzene rings is 1. The van der Waals surface area contributed by atoms with Crippen molar-refractivity contribution in [3.8, 4) is 0 Å². The number of allylic oxidation sites excluding steroid dienone is 2. The average molecular weight is 469 g/mol. The first kappa shape index (κ1) is 25.5. The molecule has 0 saturated carbocycles. The molecule has 1 aliphatic rings. The van der Waals surface area contributed by atoms with E-state index in [0.29, 0.717) is 30.2 Å². The summed E-state index contributed by atoms with van der Waals surface area (Å²) >= 11 is 6.01. The monoisotopic (exact) mass is 468 g/mol. The number of amides is 2. The summed E-state index contributed by atoms with van der Waals surface area (Å²) in [5.74, 6) is -0.454. The van der Waals surface area contributed by atoms with Crippen LogP contribution in [0.1, 0.15) is 25.8 Å². The van der Waals surface area contributed by atoms with Gasteiger partial charge in [0.2, 0.25) is 6.41 Å². The first-order chi connectivity index (χ1) is 15.1. The summed E-state index contributed by atoms with van der Waals surface area (Å²) in [6, 6.07) is 7.11. The van der Waals surface area contributed by atoms with Crippen molar-refractivity contribution in [2.75, 3.05) is 34.3 Å². The summed E-state index contributed by atoms with van der Waals surface area (Å²) < 4.78 is 19.7. The maximum atomic E-state index is 13.8. The first-order valence-corrected chi connectivity index (χ1v) is 10.5. The Labute approximate surface area is 193 Å². The number of likely N-dealkylation sites (N-methyl/N-ethyl adjacent to an activating group) is 1. The van der Waals surface area contributed by atoms with E-state index in [1.807, 2.05) is 12.1 Å². The number of halogens is 2. The van der Waals surface area contributed by atoms with E-state index >= 15 is 0 Å². The maximum Gasteiger partial charge on any atom is 0.273 e. The molecule has 0 saturated heterocycles. The van der Waals surface area contributed by atoms with Crippen LogP contribution in [0.25, 0.3) is 0 Å². The lowest BCUT2D eigenvalue weighted by atomic mass is 10.2. The van der Waals surface area contributed by atoms with Gasteiger partial charge in [-0.2, -0.15) is 0 Å². The second kappa shape index (κ2) is 11.2. The molecule has 8 nitrogen and oxygen atoms in total. The van der Waals surface area contributed by atoms with Crippen molar-refractivity contribution in [1.29, 1.82) is 0 Å². The second-order valence-corrected chi connectivity index (χ2v) is 8.03. The third kappa shape index (κ3) is 5.72. The molecule has 0 radical (unpaired) electrons. The lowest BCUT2D eigenvalue weighted by Crippen LogP contribution is -2.43. The maximum absolute atomic E-state index is 13.8. The Kier molecular flexibility index (Phi) is 8.91. The molecule has 1 aromatic carbocycles. The molecule has 2 amide bonds. The van der Waals surface area contributed by atoms with Crippen molar-refractivity contribution in [1.82, 2.24) is 19.6 Å². The summed E-state index contributed by atoms with van der Waals surface area (Å²) in [5, 5.41) is 9.72. The molecule has 1 unspecified atom stereocenters. The molecule has 1 aromatic rings. The largest absolute Gasteiger partial charge is 0.454 e. The van der Waals surface area contributed by atoms with Gasteiger partial charge in [0.1, 0.15) is 23.1 Å². The SMILES string of the molecule is C/C(F)=C(\C)OC1N(C)C(N(C)C=O)=C(C(=O)N(C)CCCO)N1Cc1ccc(Cl)cc1. The second-order valence-electron chi connectivity index (χ2n) is 7.59. The molecule has 1 heterocycles. The topological polar surface area (TPSA) is 76.6 Å². The molecule has 1 aliphatic heterocycles. The summed E-state index contributed by atoms with van der Waals surface area (Å²) in [7, 11) is 4.82. The van der Waals surface area contributed by atoms with Crippen molar-refractivity contribution in [2.45, 2.75) is 33.2 Å². The predicted octanol–water partition coefficient (Wildman–Crippen LogP) is 2.71. The molecule has 176 valence electrons. The average Bonchev–Trinajstić information content (AvgIpc) is 3.03. The Morgan fingerprint density at radius 1 is 1.28 bits per heavy atom. The number of hydrogen-bond donors (Lipinski definition) is 1. The van der Waals surface area contributed by atoms with E-state index in [4.69, 9.17) is 21.4 Å². The van der Waals surface area contributed by atoms with E-state index in [2.05, 4.69) is 0 Å². The van der Waals surface area contributed by atoms with E-state index in [1.165, 1.54) is 30.7 Å². The smallest absolute Gasteiger partial charge is 0.273 e. The molecule has 1 N–H and O–H groups in total. The predicted molar refractivity (Wildman–Crippen MR) is 119 cm³/mol. The molecule has 0 aliphatic carbocycles. The van der Waals surface area contributed by atoms with Gasteiger partial charge >= 0.3 is 0 Å². The van der Waals surface area contributed by atoms with Crippen molar-refractivity contribution >= 4 is 23.9 Å². The van der Waals surface area contributed by atoms with Gasteiger partial charge < -0.3 is 29.4 Å². The molecular formula is C22H30ClFN4O4. The first-order valence-electron chi connectivity index (χ1n) is 10.1. The Bertz CT molecular complexity index is 886. The minimum absolute atomic E-state index is 0.0579. The number of nitrogens with zero attached hydrogens (tertiary/aromatic N) is 4. The van der Waals surface area contributed by atoms with E-state index in [-0.39, 0.29) is 30.5 Å². The van der Waals surface area contributed by atoms with Gasteiger partial charge in [-0.1, -0.05) is 23.7 Å². The molecule has 0 spiro atoms. The fourth-order valence-corrected chi connectivity index (χ4v) is 3.45. The molecule has 10 heteroatoms. The van der Waals surface area contributed by atoms with Crippen LogP contribution in [0.4, 0.5) is 4.39 Å². The quantitative estimate of drug-likeness (QED) is 0.420. The molecule has 0 fully saturated rings. The van der Waals surface area contributed by atoms with Gasteiger partial charge in [-0.25, -0.2) is 4.39 Å². The zero-order valence-electron chi connectivity index (χ0n) is 19.0. The fraction of sp³-hybridized carbons (Fsp3) is 0.455. The van der Waals surface area contributed by atoms with E-state index < -0.39 is 12.2 Å². The van der Waals surface area contributed by atoms with E-state index in [0.717, 1.165) is 5.56 Å². The molecular weight excluding hydrogens is 439 g/mol. The number of aliphatic hydroxyl groups is 1. The highest BCUT2D eigenvalue weighted by molar-refractivity contribution is 6.30. The van der Waals surface area contributed by atoms with Gasteiger partial charge in [-0.15, -0.1) is 0 Å². The number of rotatable bonds is 10. The Morgan fingerprint density at radius 2 is 1.91 bits per heavy atom. The number of aliphatic hydroxyl groups excluding tert-OH is 1. The number of carbonyl (C=O) groups excluding carboxylic acids is 2. The minimum Gasteiger partial charge on any atom is -0.454 e. The molecule has 2 rings (SSSR count). The summed E-state index contributed by atoms with van der Waals surface area (Å²) in [6.45, 7) is 3.30. The molecule has 0 aromatic heterocycles. The number of ether oxygens (including phenoxy) is 1. The fourth-order valence-electron chi connectivity index (χ4n) is 3.32. The van der Waals surface area contributed by atoms with Gasteiger partial charge in [0.05, 0.1) is 0 Å². The highest BCUT2D eigenvalue weighted by Crippen LogP contribution is 2.34. The van der Waals surface area contributed by atoms with E-state index in [1.54, 1.807) is 36.0 Å². The number of hydrogen-bond acceptors (Lipinski definition) is 6. The van der Waals surface area contributed by atoms with Crippen molar-refractivity contribution in [2.24, 2.45) is 0 Å². The highest BCUT2D eigenvalue weighted by atomic mass is 35.5. The molecule has 32 heavy (non-hydrogen) atoms. The Balaban J connectivity index is 2.57. The standard InChI is InChI=1S/C22H30ClFN4O4/c1-15(24)16(2)32-22-27(5)20(26(4)14-30)19(21(31)25(3)11-6-12-29)28(22)13-17-7-9-18(23)10-8-17/h7-10,14,22,29H,6,11-13H2,1-5H3/b16-15-. The summed E-state index contributed by atoms with van der Waals surface area (Å²) in [5.41, 5.74) is 1.07. The number of carbonyl (C=O) groups is 2. The van der Waals surface area contributed by atoms with Gasteiger partial charge in [-0.05, 0) is 38.0 Å². The summed E-state index contributed by atoms with van der Waals surface area (Å²) in [4.78, 5) is 31.2. The lowest BCUT2D eigenvalue weighted by molar-refractivity contribution is -0.131. The van der Waals surface area contributed by atoms with Crippen LogP contribution < -0.4 is 0 Å². The van der Waals surface area contributed by atoms with Crippen LogP contribution in [0.15, 0.2) is 47.4 Å². The lowest BCUT2D eigenvalue weighted by Gasteiger charge is -2.33. The zero-order chi connectivity index (χ0) is 24.0. The molecule has 1 atom stereocenters. The van der Waals surface area contributed by atoms with Crippen LogP contribution in [0, 0.1) is 0 Å². The Hall–Kier alpha value is -2.78. The van der Waals surface area contributed by atoms with Crippen LogP contribution >= 0.6 is 11.6 Å². The van der Waals surface area contributed by atoms with Gasteiger partial charge in [0.15, 0.2) is 0 Å². The van der Waals surface area contributed by atoms with Gasteiger partial charge in [0, 0.05) is 45.9 Å². The van der Waals surface area contributed by atoms with Crippen molar-refractivity contribution in [3.63, 3.8) is 0 Å². The third-order valence-electron chi connectivity index (χ3n) is 5.16. The third-order valence-corrected chi connectivity index (χ3v) is 5.41. The van der Waals surface area contributed by atoms with Crippen molar-refractivity contribution in [3.05, 3.63) is 58.0 Å². The van der Waals surface area contributed by atoms with Crippen LogP contribution in [0.2, 0.25) is 5.02 Å². The zero-order valence-corrected chi connectivity index (χ0v) is 19.8.